The number of hydrogen-bond donors (Lipinski definition) is 2. The van der Waals surface area contributed by atoms with Gasteiger partial charge in [-0.05, 0) is 24.1 Å². The van der Waals surface area contributed by atoms with Crippen LogP contribution in [0.4, 0.5) is 16.2 Å². The maximum Gasteiger partial charge on any atom is 0.224 e. The molecule has 2 aromatic rings. The minimum atomic E-state index is -0.462. The Balaban J connectivity index is 2.02. The van der Waals surface area contributed by atoms with Crippen LogP contribution >= 0.6 is 0 Å². The van der Waals surface area contributed by atoms with Gasteiger partial charge in [-0.2, -0.15) is 4.98 Å². The number of halogens is 1. The van der Waals surface area contributed by atoms with Crippen LogP contribution in [0.5, 0.6) is 0 Å². The molecule has 19 heavy (non-hydrogen) atoms. The highest BCUT2D eigenvalue weighted by Gasteiger charge is 2.06. The molecule has 0 amide bonds. The van der Waals surface area contributed by atoms with E-state index in [-0.39, 0.29) is 5.82 Å². The average Bonchev–Trinajstić information content (AvgIpc) is 2.46. The van der Waals surface area contributed by atoms with Gasteiger partial charge in [0, 0.05) is 25.5 Å². The van der Waals surface area contributed by atoms with Crippen LogP contribution in [0, 0.1) is 5.82 Å². The van der Waals surface area contributed by atoms with Crippen LogP contribution in [0.15, 0.2) is 30.7 Å². The first kappa shape index (κ1) is 13.2. The summed E-state index contributed by atoms with van der Waals surface area (Å²) in [5.74, 6) is 0.169. The fourth-order valence-electron chi connectivity index (χ4n) is 1.50. The van der Waals surface area contributed by atoms with Gasteiger partial charge in [0.25, 0.3) is 0 Å². The molecule has 2 N–H and O–H groups in total. The smallest absolute Gasteiger partial charge is 0.224 e. The first-order chi connectivity index (χ1) is 9.29. The van der Waals surface area contributed by atoms with Crippen molar-refractivity contribution in [2.24, 2.45) is 0 Å². The predicted octanol–water partition coefficient (Wildman–Crippen LogP) is 2.44. The Kier molecular flexibility index (Phi) is 4.60. The quantitative estimate of drug-likeness (QED) is 0.836. The number of rotatable bonds is 6. The van der Waals surface area contributed by atoms with Gasteiger partial charge in [0.15, 0.2) is 11.6 Å². The minimum Gasteiger partial charge on any atom is -0.363 e. The van der Waals surface area contributed by atoms with E-state index in [9.17, 15) is 4.39 Å². The number of aromatic nitrogens is 3. The average molecular weight is 261 g/mol. The minimum absolute atomic E-state index is 0.199. The zero-order valence-electron chi connectivity index (χ0n) is 10.7. The molecule has 0 aliphatic carbocycles. The molecule has 0 saturated heterocycles. The van der Waals surface area contributed by atoms with Crippen molar-refractivity contribution >= 4 is 11.8 Å². The molecule has 0 saturated carbocycles. The van der Waals surface area contributed by atoms with Crippen molar-refractivity contribution in [1.82, 2.24) is 15.0 Å². The molecular formula is C13H16FN5. The zero-order valence-corrected chi connectivity index (χ0v) is 10.7. The lowest BCUT2D eigenvalue weighted by atomic mass is 10.3. The Bertz CT molecular complexity index is 518. The second-order valence-electron chi connectivity index (χ2n) is 4.03. The van der Waals surface area contributed by atoms with E-state index < -0.39 is 5.82 Å². The largest absolute Gasteiger partial charge is 0.363 e. The lowest BCUT2D eigenvalue weighted by Crippen LogP contribution is -2.09. The Morgan fingerprint density at radius 2 is 2.00 bits per heavy atom. The molecule has 100 valence electrons. The molecule has 2 rings (SSSR count). The van der Waals surface area contributed by atoms with E-state index in [0.717, 1.165) is 18.5 Å². The number of pyridine rings is 1. The zero-order chi connectivity index (χ0) is 13.5. The van der Waals surface area contributed by atoms with E-state index in [1.807, 2.05) is 19.1 Å². The monoisotopic (exact) mass is 261 g/mol. The van der Waals surface area contributed by atoms with Crippen LogP contribution in [0.3, 0.4) is 0 Å². The van der Waals surface area contributed by atoms with Crippen molar-refractivity contribution in [2.45, 2.75) is 19.9 Å². The normalized spacial score (nSPS) is 10.2. The maximum absolute atomic E-state index is 13.6. The van der Waals surface area contributed by atoms with E-state index >= 15 is 0 Å². The van der Waals surface area contributed by atoms with E-state index in [4.69, 9.17) is 0 Å². The van der Waals surface area contributed by atoms with Crippen LogP contribution in [-0.2, 0) is 6.54 Å². The van der Waals surface area contributed by atoms with Crippen molar-refractivity contribution in [2.75, 3.05) is 17.2 Å². The molecule has 0 aliphatic rings. The Labute approximate surface area is 111 Å². The van der Waals surface area contributed by atoms with E-state index in [2.05, 4.69) is 25.6 Å². The molecule has 2 heterocycles. The fraction of sp³-hybridized carbons (Fsp3) is 0.308. The summed E-state index contributed by atoms with van der Waals surface area (Å²) in [5, 5.41) is 5.97. The van der Waals surface area contributed by atoms with Gasteiger partial charge in [-0.25, -0.2) is 9.37 Å². The second-order valence-corrected chi connectivity index (χ2v) is 4.03. The number of nitrogens with one attached hydrogen (secondary N) is 2. The molecule has 2 aromatic heterocycles. The summed E-state index contributed by atoms with van der Waals surface area (Å²) >= 11 is 0. The Morgan fingerprint density at radius 1 is 1.21 bits per heavy atom. The third-order valence-electron chi connectivity index (χ3n) is 2.49. The Morgan fingerprint density at radius 3 is 2.74 bits per heavy atom. The molecule has 0 fully saturated rings. The third kappa shape index (κ3) is 3.87. The topological polar surface area (TPSA) is 62.7 Å². The van der Waals surface area contributed by atoms with Crippen molar-refractivity contribution in [3.8, 4) is 0 Å². The molecule has 0 aromatic carbocycles. The lowest BCUT2D eigenvalue weighted by Gasteiger charge is -2.08. The summed E-state index contributed by atoms with van der Waals surface area (Å²) in [6, 6.07) is 3.73. The SMILES string of the molecule is CCCNc1ncc(F)c(NCc2ccncc2)n1. The van der Waals surface area contributed by atoms with Crippen LogP contribution in [0.1, 0.15) is 18.9 Å². The Hall–Kier alpha value is -2.24. The summed E-state index contributed by atoms with van der Waals surface area (Å²) in [6.07, 6.45) is 5.52. The van der Waals surface area contributed by atoms with Crippen molar-refractivity contribution in [1.29, 1.82) is 0 Å². The van der Waals surface area contributed by atoms with E-state index in [1.165, 1.54) is 6.20 Å². The molecule has 0 bridgehead atoms. The van der Waals surface area contributed by atoms with Gasteiger partial charge in [0.2, 0.25) is 5.95 Å². The molecule has 5 nitrogen and oxygen atoms in total. The number of hydrogen-bond acceptors (Lipinski definition) is 5. The molecular weight excluding hydrogens is 245 g/mol. The predicted molar refractivity (Wildman–Crippen MR) is 72.3 cm³/mol. The van der Waals surface area contributed by atoms with Crippen LogP contribution < -0.4 is 10.6 Å². The maximum atomic E-state index is 13.6. The molecule has 0 spiro atoms. The van der Waals surface area contributed by atoms with Gasteiger partial charge in [0.1, 0.15) is 0 Å². The van der Waals surface area contributed by atoms with Crippen LogP contribution in [0.2, 0.25) is 0 Å². The van der Waals surface area contributed by atoms with Gasteiger partial charge in [0.05, 0.1) is 6.20 Å². The highest BCUT2D eigenvalue weighted by atomic mass is 19.1. The second kappa shape index (κ2) is 6.63. The summed E-state index contributed by atoms with van der Waals surface area (Å²) < 4.78 is 13.6. The molecule has 6 heteroatoms. The summed E-state index contributed by atoms with van der Waals surface area (Å²) in [6.45, 7) is 3.29. The standard InChI is InChI=1S/C13H16FN5/c1-2-5-16-13-18-9-11(14)12(19-13)17-8-10-3-6-15-7-4-10/h3-4,6-7,9H,2,5,8H2,1H3,(H2,16,17,18,19). The van der Waals surface area contributed by atoms with Gasteiger partial charge < -0.3 is 10.6 Å². The third-order valence-corrected chi connectivity index (χ3v) is 2.49. The summed E-state index contributed by atoms with van der Waals surface area (Å²) in [4.78, 5) is 11.9. The van der Waals surface area contributed by atoms with E-state index in [0.29, 0.717) is 12.5 Å². The van der Waals surface area contributed by atoms with Crippen molar-refractivity contribution in [3.05, 3.63) is 42.1 Å². The van der Waals surface area contributed by atoms with E-state index in [1.54, 1.807) is 12.4 Å². The molecule has 0 aliphatic heterocycles. The molecule has 0 radical (unpaired) electrons. The van der Waals surface area contributed by atoms with Crippen LogP contribution in [-0.4, -0.2) is 21.5 Å². The van der Waals surface area contributed by atoms with Crippen LogP contribution in [0.25, 0.3) is 0 Å². The van der Waals surface area contributed by atoms with Crippen molar-refractivity contribution < 1.29 is 4.39 Å². The number of anilines is 2. The lowest BCUT2D eigenvalue weighted by molar-refractivity contribution is 0.617. The molecule has 0 atom stereocenters. The van der Waals surface area contributed by atoms with Gasteiger partial charge in [-0.3, -0.25) is 4.98 Å². The highest BCUT2D eigenvalue weighted by molar-refractivity contribution is 5.41. The summed E-state index contributed by atoms with van der Waals surface area (Å²) in [7, 11) is 0. The highest BCUT2D eigenvalue weighted by Crippen LogP contribution is 2.13. The first-order valence-corrected chi connectivity index (χ1v) is 6.18. The van der Waals surface area contributed by atoms with Gasteiger partial charge in [-0.1, -0.05) is 6.92 Å². The molecule has 0 unspecified atom stereocenters. The number of nitrogens with zero attached hydrogens (tertiary/aromatic N) is 3. The van der Waals surface area contributed by atoms with Gasteiger partial charge in [-0.15, -0.1) is 0 Å². The first-order valence-electron chi connectivity index (χ1n) is 6.18. The van der Waals surface area contributed by atoms with Crippen molar-refractivity contribution in [3.63, 3.8) is 0 Å². The summed E-state index contributed by atoms with van der Waals surface area (Å²) in [5.41, 5.74) is 1.01. The fourth-order valence-corrected chi connectivity index (χ4v) is 1.50. The van der Waals surface area contributed by atoms with Gasteiger partial charge >= 0.3 is 0 Å².